The van der Waals surface area contributed by atoms with Gasteiger partial charge >= 0.3 is 0 Å². The van der Waals surface area contributed by atoms with Gasteiger partial charge in [0.05, 0.1) is 22.1 Å². The quantitative estimate of drug-likeness (QED) is 0.415. The van der Waals surface area contributed by atoms with Crippen LogP contribution in [0.1, 0.15) is 16.1 Å². The first-order valence-corrected chi connectivity index (χ1v) is 8.00. The highest BCUT2D eigenvalue weighted by atomic mass is 16.3. The summed E-state index contributed by atoms with van der Waals surface area (Å²) in [6.45, 7) is 2.00. The SMILES string of the molecule is Cc1cc2nc3ccc(N(C)C)cc3nc2cc1-c1ccc(C=O)o1. The molecule has 0 aliphatic carbocycles. The summed E-state index contributed by atoms with van der Waals surface area (Å²) in [5.74, 6) is 0.972. The van der Waals surface area contributed by atoms with Crippen LogP contribution < -0.4 is 4.90 Å². The van der Waals surface area contributed by atoms with Crippen molar-refractivity contribution in [2.24, 2.45) is 0 Å². The smallest absolute Gasteiger partial charge is 0.185 e. The molecule has 4 rings (SSSR count). The van der Waals surface area contributed by atoms with E-state index in [0.717, 1.165) is 38.9 Å². The Morgan fingerprint density at radius 3 is 2.36 bits per heavy atom. The van der Waals surface area contributed by atoms with Crippen LogP contribution in [-0.4, -0.2) is 30.3 Å². The van der Waals surface area contributed by atoms with Crippen molar-refractivity contribution in [3.05, 3.63) is 53.8 Å². The largest absolute Gasteiger partial charge is 0.453 e. The molecule has 5 heteroatoms. The molecule has 124 valence electrons. The first-order valence-electron chi connectivity index (χ1n) is 8.00. The number of hydrogen-bond donors (Lipinski definition) is 0. The first-order chi connectivity index (χ1) is 12.0. The molecule has 2 heterocycles. The van der Waals surface area contributed by atoms with E-state index in [1.807, 2.05) is 56.3 Å². The van der Waals surface area contributed by atoms with Crippen molar-refractivity contribution in [2.75, 3.05) is 19.0 Å². The third-order valence-electron chi connectivity index (χ3n) is 4.29. The van der Waals surface area contributed by atoms with Crippen LogP contribution in [0, 0.1) is 6.92 Å². The second-order valence-corrected chi connectivity index (χ2v) is 6.27. The lowest BCUT2D eigenvalue weighted by Gasteiger charge is -2.13. The average Bonchev–Trinajstić information content (AvgIpc) is 3.08. The van der Waals surface area contributed by atoms with Gasteiger partial charge in [0, 0.05) is 25.3 Å². The minimum absolute atomic E-state index is 0.315. The molecule has 0 unspecified atom stereocenters. The van der Waals surface area contributed by atoms with E-state index in [1.54, 1.807) is 12.1 Å². The van der Waals surface area contributed by atoms with Crippen LogP contribution >= 0.6 is 0 Å². The second kappa shape index (κ2) is 5.70. The summed E-state index contributed by atoms with van der Waals surface area (Å²) in [5, 5.41) is 0. The number of aldehydes is 1. The van der Waals surface area contributed by atoms with Gasteiger partial charge in [0.15, 0.2) is 12.0 Å². The predicted octanol–water partition coefficient (Wildman–Crippen LogP) is 4.23. The van der Waals surface area contributed by atoms with Gasteiger partial charge in [-0.1, -0.05) is 0 Å². The molecule has 0 amide bonds. The van der Waals surface area contributed by atoms with E-state index in [4.69, 9.17) is 14.4 Å². The van der Waals surface area contributed by atoms with Gasteiger partial charge in [-0.15, -0.1) is 0 Å². The molecule has 0 aliphatic heterocycles. The monoisotopic (exact) mass is 331 g/mol. The van der Waals surface area contributed by atoms with Gasteiger partial charge in [0.2, 0.25) is 0 Å². The van der Waals surface area contributed by atoms with Crippen LogP contribution in [-0.2, 0) is 0 Å². The highest BCUT2D eigenvalue weighted by molar-refractivity contribution is 5.91. The predicted molar refractivity (Wildman–Crippen MR) is 99.2 cm³/mol. The third kappa shape index (κ3) is 2.63. The molecule has 4 aromatic rings. The second-order valence-electron chi connectivity index (χ2n) is 6.27. The Morgan fingerprint density at radius 1 is 0.920 bits per heavy atom. The van der Waals surface area contributed by atoms with Crippen molar-refractivity contribution in [3.8, 4) is 11.3 Å². The Bertz CT molecular complexity index is 1110. The molecule has 0 fully saturated rings. The number of rotatable bonds is 3. The maximum atomic E-state index is 10.9. The molecule has 0 atom stereocenters. The minimum atomic E-state index is 0.315. The van der Waals surface area contributed by atoms with Gasteiger partial charge in [-0.25, -0.2) is 9.97 Å². The summed E-state index contributed by atoms with van der Waals surface area (Å²) in [6, 6.07) is 13.5. The van der Waals surface area contributed by atoms with Crippen molar-refractivity contribution < 1.29 is 9.21 Å². The van der Waals surface area contributed by atoms with E-state index in [1.165, 1.54) is 0 Å². The topological polar surface area (TPSA) is 59.2 Å². The third-order valence-corrected chi connectivity index (χ3v) is 4.29. The van der Waals surface area contributed by atoms with Crippen molar-refractivity contribution in [2.45, 2.75) is 6.92 Å². The van der Waals surface area contributed by atoms with Crippen LogP contribution in [0.3, 0.4) is 0 Å². The molecule has 0 radical (unpaired) electrons. The molecule has 0 N–H and O–H groups in total. The Morgan fingerprint density at radius 2 is 1.64 bits per heavy atom. The molecule has 5 nitrogen and oxygen atoms in total. The highest BCUT2D eigenvalue weighted by Gasteiger charge is 2.11. The van der Waals surface area contributed by atoms with Gasteiger partial charge in [-0.3, -0.25) is 4.79 Å². The van der Waals surface area contributed by atoms with Crippen LogP contribution in [0.2, 0.25) is 0 Å². The number of carbonyl (C=O) groups excluding carboxylic acids is 1. The Kier molecular flexibility index (Phi) is 3.50. The van der Waals surface area contributed by atoms with E-state index < -0.39 is 0 Å². The van der Waals surface area contributed by atoms with E-state index >= 15 is 0 Å². The van der Waals surface area contributed by atoms with Crippen LogP contribution in [0.15, 0.2) is 46.9 Å². The fourth-order valence-corrected chi connectivity index (χ4v) is 2.92. The van der Waals surface area contributed by atoms with Crippen molar-refractivity contribution >= 4 is 34.0 Å². The average molecular weight is 331 g/mol. The van der Waals surface area contributed by atoms with Crippen molar-refractivity contribution in [1.82, 2.24) is 9.97 Å². The normalized spacial score (nSPS) is 11.2. The number of anilines is 1. The lowest BCUT2D eigenvalue weighted by molar-refractivity contribution is 0.110. The molecule has 0 saturated carbocycles. The van der Waals surface area contributed by atoms with E-state index in [-0.39, 0.29) is 0 Å². The lowest BCUT2D eigenvalue weighted by Crippen LogP contribution is -2.08. The van der Waals surface area contributed by atoms with E-state index in [9.17, 15) is 4.79 Å². The first kappa shape index (κ1) is 15.3. The molecule has 2 aromatic carbocycles. The van der Waals surface area contributed by atoms with Crippen LogP contribution in [0.4, 0.5) is 5.69 Å². The van der Waals surface area contributed by atoms with Gasteiger partial charge in [-0.05, 0) is 55.0 Å². The lowest BCUT2D eigenvalue weighted by atomic mass is 10.0. The van der Waals surface area contributed by atoms with Gasteiger partial charge in [-0.2, -0.15) is 0 Å². The maximum absolute atomic E-state index is 10.9. The minimum Gasteiger partial charge on any atom is -0.453 e. The zero-order chi connectivity index (χ0) is 17.6. The molecule has 0 spiro atoms. The number of hydrogen-bond acceptors (Lipinski definition) is 5. The Hall–Kier alpha value is -3.21. The fraction of sp³-hybridized carbons (Fsp3) is 0.150. The summed E-state index contributed by atoms with van der Waals surface area (Å²) in [5.41, 5.74) is 6.38. The molecule has 25 heavy (non-hydrogen) atoms. The van der Waals surface area contributed by atoms with Crippen molar-refractivity contribution in [3.63, 3.8) is 0 Å². The summed E-state index contributed by atoms with van der Waals surface area (Å²) in [7, 11) is 4.00. The standard InChI is InChI=1S/C20H17N3O2/c1-12-8-17-19(10-15(12)20-7-5-14(11-24)25-20)22-18-9-13(23(2)3)4-6-16(18)21-17/h4-11H,1-3H3. The van der Waals surface area contributed by atoms with Crippen LogP contribution in [0.25, 0.3) is 33.4 Å². The van der Waals surface area contributed by atoms with Gasteiger partial charge in [0.25, 0.3) is 0 Å². The molecule has 0 aliphatic rings. The van der Waals surface area contributed by atoms with Crippen LogP contribution in [0.5, 0.6) is 0 Å². The molecule has 0 bridgehead atoms. The number of benzene rings is 2. The number of carbonyl (C=O) groups is 1. The number of fused-ring (bicyclic) bond motifs is 2. The van der Waals surface area contributed by atoms with E-state index in [0.29, 0.717) is 17.8 Å². The Balaban J connectivity index is 1.93. The number of nitrogens with zero attached hydrogens (tertiary/aromatic N) is 3. The van der Waals surface area contributed by atoms with Gasteiger partial charge in [0.1, 0.15) is 5.76 Å². The Labute approximate surface area is 144 Å². The zero-order valence-electron chi connectivity index (χ0n) is 14.3. The van der Waals surface area contributed by atoms with E-state index in [2.05, 4.69) is 0 Å². The zero-order valence-corrected chi connectivity index (χ0v) is 14.3. The summed E-state index contributed by atoms with van der Waals surface area (Å²) in [6.07, 6.45) is 0.704. The molecular weight excluding hydrogens is 314 g/mol. The molecule has 2 aromatic heterocycles. The van der Waals surface area contributed by atoms with Gasteiger partial charge < -0.3 is 9.32 Å². The maximum Gasteiger partial charge on any atom is 0.185 e. The number of aryl methyl sites for hydroxylation is 1. The summed E-state index contributed by atoms with van der Waals surface area (Å²) >= 11 is 0. The fourth-order valence-electron chi connectivity index (χ4n) is 2.92. The summed E-state index contributed by atoms with van der Waals surface area (Å²) < 4.78 is 5.56. The highest BCUT2D eigenvalue weighted by Crippen LogP contribution is 2.29. The van der Waals surface area contributed by atoms with Crippen molar-refractivity contribution in [1.29, 1.82) is 0 Å². The number of aromatic nitrogens is 2. The summed E-state index contributed by atoms with van der Waals surface area (Å²) in [4.78, 5) is 22.4. The number of furan rings is 1. The molecule has 0 saturated heterocycles. The molecular formula is C20H17N3O2.